The molecule has 1 aromatic rings. The molecule has 0 radical (unpaired) electrons. The zero-order valence-electron chi connectivity index (χ0n) is 8.90. The van der Waals surface area contributed by atoms with Crippen molar-refractivity contribution in [3.63, 3.8) is 0 Å². The van der Waals surface area contributed by atoms with E-state index in [1.807, 2.05) is 0 Å². The van der Waals surface area contributed by atoms with E-state index in [0.717, 1.165) is 0 Å². The van der Waals surface area contributed by atoms with E-state index in [0.29, 0.717) is 5.56 Å². The van der Waals surface area contributed by atoms with Gasteiger partial charge >= 0.3 is 11.9 Å². The Hall–Kier alpha value is -1.91. The van der Waals surface area contributed by atoms with Crippen LogP contribution in [0.15, 0.2) is 24.3 Å². The summed E-state index contributed by atoms with van der Waals surface area (Å²) < 4.78 is 22.2. The Morgan fingerprint density at radius 1 is 1.06 bits per heavy atom. The number of rotatable bonds is 3. The van der Waals surface area contributed by atoms with Crippen LogP contribution in [-0.4, -0.2) is 11.9 Å². The predicted octanol–water partition coefficient (Wildman–Crippen LogP) is 1.95. The highest BCUT2D eigenvalue weighted by Crippen LogP contribution is 2.19. The van der Waals surface area contributed by atoms with Gasteiger partial charge in [-0.05, 0) is 24.3 Å². The first-order chi connectivity index (χ1) is 7.49. The molecule has 0 aliphatic rings. The molecule has 0 saturated carbocycles. The molecule has 0 fully saturated rings. The Bertz CT molecular complexity index is 369. The SMILES string of the molecule is CC(=O)OC(OC(C)=O)c1ccc(F)cc1. The Morgan fingerprint density at radius 2 is 1.50 bits per heavy atom. The van der Waals surface area contributed by atoms with E-state index in [1.54, 1.807) is 0 Å². The van der Waals surface area contributed by atoms with E-state index in [1.165, 1.54) is 38.1 Å². The van der Waals surface area contributed by atoms with Gasteiger partial charge in [0, 0.05) is 19.4 Å². The summed E-state index contributed by atoms with van der Waals surface area (Å²) in [7, 11) is 0. The summed E-state index contributed by atoms with van der Waals surface area (Å²) in [5, 5.41) is 0. The molecule has 1 rings (SSSR count). The molecule has 0 bridgehead atoms. The average Bonchev–Trinajstić information content (AvgIpc) is 2.16. The second-order valence-electron chi connectivity index (χ2n) is 3.10. The number of carbonyl (C=O) groups is 2. The maximum Gasteiger partial charge on any atom is 0.305 e. The summed E-state index contributed by atoms with van der Waals surface area (Å²) in [6.45, 7) is 2.39. The van der Waals surface area contributed by atoms with Crippen LogP contribution in [0.3, 0.4) is 0 Å². The van der Waals surface area contributed by atoms with Gasteiger partial charge in [-0.25, -0.2) is 4.39 Å². The van der Waals surface area contributed by atoms with Gasteiger partial charge in [-0.2, -0.15) is 0 Å². The molecule has 4 nitrogen and oxygen atoms in total. The van der Waals surface area contributed by atoms with Crippen molar-refractivity contribution in [3.05, 3.63) is 35.6 Å². The fourth-order valence-electron chi connectivity index (χ4n) is 1.08. The van der Waals surface area contributed by atoms with Gasteiger partial charge < -0.3 is 9.47 Å². The van der Waals surface area contributed by atoms with Crippen LogP contribution in [0.2, 0.25) is 0 Å². The Labute approximate surface area is 92.0 Å². The van der Waals surface area contributed by atoms with Crippen molar-refractivity contribution in [2.24, 2.45) is 0 Å². The van der Waals surface area contributed by atoms with E-state index in [-0.39, 0.29) is 0 Å². The lowest BCUT2D eigenvalue weighted by molar-refractivity contribution is -0.186. The van der Waals surface area contributed by atoms with Crippen molar-refractivity contribution in [2.75, 3.05) is 0 Å². The van der Waals surface area contributed by atoms with Crippen molar-refractivity contribution < 1.29 is 23.5 Å². The summed E-state index contributed by atoms with van der Waals surface area (Å²) in [6.07, 6.45) is -1.13. The highest BCUT2D eigenvalue weighted by atomic mass is 19.1. The van der Waals surface area contributed by atoms with Crippen molar-refractivity contribution in [1.29, 1.82) is 0 Å². The third-order valence-electron chi connectivity index (χ3n) is 1.69. The molecule has 5 heteroatoms. The fourth-order valence-corrected chi connectivity index (χ4v) is 1.08. The quantitative estimate of drug-likeness (QED) is 0.584. The minimum atomic E-state index is -1.13. The summed E-state index contributed by atoms with van der Waals surface area (Å²) in [5.74, 6) is -1.60. The number of esters is 2. The van der Waals surface area contributed by atoms with Crippen LogP contribution in [-0.2, 0) is 19.1 Å². The minimum absolute atomic E-state index is 0.395. The first-order valence-electron chi connectivity index (χ1n) is 4.59. The lowest BCUT2D eigenvalue weighted by atomic mass is 10.2. The zero-order valence-corrected chi connectivity index (χ0v) is 8.90. The Morgan fingerprint density at radius 3 is 1.88 bits per heavy atom. The first kappa shape index (κ1) is 12.2. The van der Waals surface area contributed by atoms with Gasteiger partial charge in [0.1, 0.15) is 5.82 Å². The smallest absolute Gasteiger partial charge is 0.305 e. The number of ether oxygens (including phenoxy) is 2. The van der Waals surface area contributed by atoms with E-state index in [4.69, 9.17) is 9.47 Å². The fraction of sp³-hybridized carbons (Fsp3) is 0.273. The molecule has 0 aliphatic carbocycles. The first-order valence-corrected chi connectivity index (χ1v) is 4.59. The van der Waals surface area contributed by atoms with E-state index < -0.39 is 24.0 Å². The average molecular weight is 226 g/mol. The lowest BCUT2D eigenvalue weighted by Crippen LogP contribution is -2.14. The van der Waals surface area contributed by atoms with Gasteiger partial charge in [0.15, 0.2) is 0 Å². The molecular formula is C11H11FO4. The predicted molar refractivity (Wildman–Crippen MR) is 52.7 cm³/mol. The third kappa shape index (κ3) is 3.68. The van der Waals surface area contributed by atoms with Gasteiger partial charge in [0.2, 0.25) is 0 Å². The Balaban J connectivity index is 2.86. The second-order valence-corrected chi connectivity index (χ2v) is 3.10. The summed E-state index contributed by atoms with van der Waals surface area (Å²) in [4.78, 5) is 21.6. The van der Waals surface area contributed by atoms with Crippen LogP contribution in [0, 0.1) is 5.82 Å². The van der Waals surface area contributed by atoms with Crippen LogP contribution < -0.4 is 0 Å². The van der Waals surface area contributed by atoms with Crippen LogP contribution >= 0.6 is 0 Å². The van der Waals surface area contributed by atoms with Gasteiger partial charge in [-0.15, -0.1) is 0 Å². The zero-order chi connectivity index (χ0) is 12.1. The van der Waals surface area contributed by atoms with Crippen molar-refractivity contribution in [2.45, 2.75) is 20.1 Å². The molecule has 0 saturated heterocycles. The maximum absolute atomic E-state index is 12.7. The number of halogens is 1. The van der Waals surface area contributed by atoms with E-state index in [2.05, 4.69) is 0 Å². The molecule has 0 amide bonds. The third-order valence-corrected chi connectivity index (χ3v) is 1.69. The standard InChI is InChI=1S/C11H11FO4/c1-7(13)15-11(16-8(2)14)9-3-5-10(12)6-4-9/h3-6,11H,1-2H3. The molecule has 0 atom stereocenters. The van der Waals surface area contributed by atoms with E-state index in [9.17, 15) is 14.0 Å². The van der Waals surface area contributed by atoms with Gasteiger partial charge in [-0.3, -0.25) is 9.59 Å². The minimum Gasteiger partial charge on any atom is -0.421 e. The molecule has 0 spiro atoms. The van der Waals surface area contributed by atoms with Crippen LogP contribution in [0.4, 0.5) is 4.39 Å². The second kappa shape index (κ2) is 5.25. The lowest BCUT2D eigenvalue weighted by Gasteiger charge is -2.16. The number of hydrogen-bond donors (Lipinski definition) is 0. The summed E-state index contributed by atoms with van der Waals surface area (Å²) >= 11 is 0. The summed E-state index contributed by atoms with van der Waals surface area (Å²) in [6, 6.07) is 5.14. The van der Waals surface area contributed by atoms with Crippen molar-refractivity contribution >= 4 is 11.9 Å². The van der Waals surface area contributed by atoms with Crippen LogP contribution in [0.5, 0.6) is 0 Å². The molecule has 0 aromatic heterocycles. The van der Waals surface area contributed by atoms with Crippen LogP contribution in [0.25, 0.3) is 0 Å². The molecule has 86 valence electrons. The molecule has 0 aliphatic heterocycles. The number of hydrogen-bond acceptors (Lipinski definition) is 4. The number of benzene rings is 1. The topological polar surface area (TPSA) is 52.6 Å². The highest BCUT2D eigenvalue weighted by molar-refractivity contribution is 5.68. The van der Waals surface area contributed by atoms with Gasteiger partial charge in [-0.1, -0.05) is 0 Å². The normalized spacial score (nSPS) is 10.0. The van der Waals surface area contributed by atoms with Crippen molar-refractivity contribution in [1.82, 2.24) is 0 Å². The molecule has 16 heavy (non-hydrogen) atoms. The molecule has 0 heterocycles. The van der Waals surface area contributed by atoms with Crippen molar-refractivity contribution in [3.8, 4) is 0 Å². The van der Waals surface area contributed by atoms with Gasteiger partial charge in [0.05, 0.1) is 0 Å². The molecule has 0 unspecified atom stereocenters. The highest BCUT2D eigenvalue weighted by Gasteiger charge is 2.17. The van der Waals surface area contributed by atoms with Gasteiger partial charge in [0.25, 0.3) is 6.29 Å². The summed E-state index contributed by atoms with van der Waals surface area (Å²) in [5.41, 5.74) is 0.395. The monoisotopic (exact) mass is 226 g/mol. The largest absolute Gasteiger partial charge is 0.421 e. The molecular weight excluding hydrogens is 215 g/mol. The van der Waals surface area contributed by atoms with E-state index >= 15 is 0 Å². The Kier molecular flexibility index (Phi) is 3.99. The number of carbonyl (C=O) groups excluding carboxylic acids is 2. The molecule has 1 aromatic carbocycles. The van der Waals surface area contributed by atoms with Crippen LogP contribution in [0.1, 0.15) is 25.7 Å². The maximum atomic E-state index is 12.7. The molecule has 0 N–H and O–H groups in total.